The number of ether oxygens (including phenoxy) is 1. The number of nitro benzene ring substituents is 1. The molecule has 1 aromatic rings. The van der Waals surface area contributed by atoms with E-state index in [2.05, 4.69) is 6.08 Å². The van der Waals surface area contributed by atoms with Gasteiger partial charge >= 0.3 is 5.97 Å². The first-order valence-corrected chi connectivity index (χ1v) is 6.49. The predicted molar refractivity (Wildman–Crippen MR) is 76.6 cm³/mol. The number of allylic oxidation sites excluding steroid dienone is 2. The van der Waals surface area contributed by atoms with Crippen molar-refractivity contribution in [1.29, 1.82) is 0 Å². The molecule has 5 heteroatoms. The molecule has 0 saturated carbocycles. The third-order valence-corrected chi connectivity index (χ3v) is 2.75. The van der Waals surface area contributed by atoms with Gasteiger partial charge in [-0.15, -0.1) is 0 Å². The summed E-state index contributed by atoms with van der Waals surface area (Å²) in [6.07, 6.45) is 3.52. The maximum atomic E-state index is 11.8. The molecule has 0 aliphatic rings. The highest BCUT2D eigenvalue weighted by Crippen LogP contribution is 2.14. The van der Waals surface area contributed by atoms with Crippen molar-refractivity contribution in [3.63, 3.8) is 0 Å². The minimum Gasteiger partial charge on any atom is -0.459 e. The summed E-state index contributed by atoms with van der Waals surface area (Å²) in [4.78, 5) is 21.8. The van der Waals surface area contributed by atoms with Crippen LogP contribution in [0.2, 0.25) is 0 Å². The van der Waals surface area contributed by atoms with Crippen molar-refractivity contribution >= 4 is 11.7 Å². The highest BCUT2D eigenvalue weighted by molar-refractivity contribution is 5.89. The van der Waals surface area contributed by atoms with E-state index in [0.29, 0.717) is 5.56 Å². The molecule has 0 unspecified atom stereocenters. The minimum absolute atomic E-state index is 0.0434. The van der Waals surface area contributed by atoms with Crippen molar-refractivity contribution in [3.8, 4) is 0 Å². The van der Waals surface area contributed by atoms with E-state index in [-0.39, 0.29) is 11.8 Å². The number of carbonyl (C=O) groups is 1. The zero-order valence-corrected chi connectivity index (χ0v) is 12.0. The fraction of sp³-hybridized carbons (Fsp3) is 0.400. The Labute approximate surface area is 118 Å². The summed E-state index contributed by atoms with van der Waals surface area (Å²) in [5.41, 5.74) is 1.52. The van der Waals surface area contributed by atoms with Crippen LogP contribution in [-0.2, 0) is 4.74 Å². The Morgan fingerprint density at radius 1 is 1.35 bits per heavy atom. The summed E-state index contributed by atoms with van der Waals surface area (Å²) < 4.78 is 5.28. The van der Waals surface area contributed by atoms with E-state index in [1.807, 2.05) is 20.8 Å². The van der Waals surface area contributed by atoms with E-state index in [9.17, 15) is 14.9 Å². The van der Waals surface area contributed by atoms with Crippen molar-refractivity contribution in [2.45, 2.75) is 39.7 Å². The zero-order chi connectivity index (χ0) is 15.1. The molecule has 0 spiro atoms. The van der Waals surface area contributed by atoms with Crippen molar-refractivity contribution in [1.82, 2.24) is 0 Å². The van der Waals surface area contributed by atoms with Gasteiger partial charge in [-0.25, -0.2) is 4.79 Å². The summed E-state index contributed by atoms with van der Waals surface area (Å²) in [5.74, 6) is -0.454. The minimum atomic E-state index is -0.503. The number of non-ortho nitro benzene ring substituents is 1. The molecule has 0 radical (unpaired) electrons. The molecular weight excluding hydrogens is 258 g/mol. The molecular formula is C15H19NO4. The van der Waals surface area contributed by atoms with Crippen LogP contribution in [0.1, 0.15) is 44.0 Å². The Kier molecular flexibility index (Phi) is 5.90. The smallest absolute Gasteiger partial charge is 0.338 e. The molecule has 0 bridgehead atoms. The van der Waals surface area contributed by atoms with Crippen LogP contribution in [0, 0.1) is 10.1 Å². The molecule has 0 aliphatic heterocycles. The van der Waals surface area contributed by atoms with E-state index in [1.165, 1.54) is 29.8 Å². The van der Waals surface area contributed by atoms with Gasteiger partial charge in [-0.1, -0.05) is 11.6 Å². The third kappa shape index (κ3) is 5.22. The number of carbonyl (C=O) groups excluding carboxylic acids is 1. The van der Waals surface area contributed by atoms with Crippen LogP contribution >= 0.6 is 0 Å². The summed E-state index contributed by atoms with van der Waals surface area (Å²) in [5, 5.41) is 10.5. The molecule has 1 rings (SSSR count). The molecule has 0 fully saturated rings. The summed E-state index contributed by atoms with van der Waals surface area (Å²) in [7, 11) is 0. The quantitative estimate of drug-likeness (QED) is 0.342. The number of hydrogen-bond donors (Lipinski definition) is 0. The largest absolute Gasteiger partial charge is 0.459 e. The van der Waals surface area contributed by atoms with E-state index in [4.69, 9.17) is 4.74 Å². The Balaban J connectivity index is 2.53. The molecule has 1 aromatic carbocycles. The van der Waals surface area contributed by atoms with Crippen LogP contribution in [0.25, 0.3) is 0 Å². The monoisotopic (exact) mass is 277 g/mol. The third-order valence-electron chi connectivity index (χ3n) is 2.75. The number of nitro groups is 1. The van der Waals surface area contributed by atoms with Crippen molar-refractivity contribution < 1.29 is 14.5 Å². The number of esters is 1. The van der Waals surface area contributed by atoms with Gasteiger partial charge in [0.2, 0.25) is 0 Å². The molecule has 0 heterocycles. The Morgan fingerprint density at radius 2 is 1.95 bits per heavy atom. The van der Waals surface area contributed by atoms with E-state index in [0.717, 1.165) is 12.8 Å². The second-order valence-corrected chi connectivity index (χ2v) is 4.88. The van der Waals surface area contributed by atoms with Gasteiger partial charge in [0, 0.05) is 12.1 Å². The van der Waals surface area contributed by atoms with Crippen molar-refractivity contribution in [3.05, 3.63) is 51.6 Å². The fourth-order valence-electron chi connectivity index (χ4n) is 1.64. The van der Waals surface area contributed by atoms with E-state index >= 15 is 0 Å². The summed E-state index contributed by atoms with van der Waals surface area (Å²) in [6.45, 7) is 5.88. The fourth-order valence-corrected chi connectivity index (χ4v) is 1.64. The topological polar surface area (TPSA) is 69.4 Å². The van der Waals surface area contributed by atoms with Gasteiger partial charge in [0.1, 0.15) is 0 Å². The lowest BCUT2D eigenvalue weighted by Crippen LogP contribution is -2.14. The van der Waals surface area contributed by atoms with Crippen molar-refractivity contribution in [2.24, 2.45) is 0 Å². The van der Waals surface area contributed by atoms with E-state index in [1.54, 1.807) is 0 Å². The highest BCUT2D eigenvalue weighted by atomic mass is 16.6. The van der Waals surface area contributed by atoms with Crippen LogP contribution < -0.4 is 0 Å². The first-order valence-electron chi connectivity index (χ1n) is 6.49. The van der Waals surface area contributed by atoms with Crippen LogP contribution in [-0.4, -0.2) is 17.0 Å². The molecule has 0 N–H and O–H groups in total. The molecule has 0 aliphatic carbocycles. The average molecular weight is 277 g/mol. The first kappa shape index (κ1) is 15.9. The van der Waals surface area contributed by atoms with Crippen LogP contribution in [0.5, 0.6) is 0 Å². The van der Waals surface area contributed by atoms with Crippen LogP contribution in [0.3, 0.4) is 0 Å². The van der Waals surface area contributed by atoms with E-state index < -0.39 is 10.9 Å². The number of nitrogens with zero attached hydrogens (tertiary/aromatic N) is 1. The molecule has 20 heavy (non-hydrogen) atoms. The normalized spacial score (nSPS) is 11.6. The van der Waals surface area contributed by atoms with Crippen molar-refractivity contribution in [2.75, 3.05) is 0 Å². The lowest BCUT2D eigenvalue weighted by molar-refractivity contribution is -0.384. The lowest BCUT2D eigenvalue weighted by Gasteiger charge is -2.12. The van der Waals surface area contributed by atoms with Crippen LogP contribution in [0.15, 0.2) is 35.9 Å². The molecule has 0 aromatic heterocycles. The van der Waals surface area contributed by atoms with Gasteiger partial charge in [-0.05, 0) is 45.7 Å². The summed E-state index contributed by atoms with van der Waals surface area (Å²) >= 11 is 0. The van der Waals surface area contributed by atoms with Gasteiger partial charge < -0.3 is 4.74 Å². The number of rotatable bonds is 6. The Bertz CT molecular complexity index is 501. The zero-order valence-electron chi connectivity index (χ0n) is 12.0. The second-order valence-electron chi connectivity index (χ2n) is 4.88. The Morgan fingerprint density at radius 3 is 2.45 bits per heavy atom. The standard InChI is InChI=1S/C15H19NO4/c1-11(2)5-4-6-12(3)20-15(17)13-7-9-14(10-8-13)16(18)19/h5,7-10,12H,4,6H2,1-3H3/t12-/m1/s1. The van der Waals surface area contributed by atoms with Gasteiger partial charge in [0.05, 0.1) is 16.6 Å². The summed E-state index contributed by atoms with van der Waals surface area (Å²) in [6, 6.07) is 5.40. The molecule has 5 nitrogen and oxygen atoms in total. The SMILES string of the molecule is CC(C)=CCC[C@@H](C)OC(=O)c1ccc([N+](=O)[O-])cc1. The maximum absolute atomic E-state index is 11.8. The van der Waals surface area contributed by atoms with Crippen LogP contribution in [0.4, 0.5) is 5.69 Å². The second kappa shape index (κ2) is 7.43. The van der Waals surface area contributed by atoms with Gasteiger partial charge in [-0.3, -0.25) is 10.1 Å². The predicted octanol–water partition coefficient (Wildman–Crippen LogP) is 3.89. The number of hydrogen-bond acceptors (Lipinski definition) is 4. The molecule has 0 amide bonds. The van der Waals surface area contributed by atoms with Gasteiger partial charge in [0.15, 0.2) is 0 Å². The lowest BCUT2D eigenvalue weighted by atomic mass is 10.1. The average Bonchev–Trinajstić information content (AvgIpc) is 2.38. The Hall–Kier alpha value is -2.17. The first-order chi connectivity index (χ1) is 9.40. The molecule has 0 saturated heterocycles. The molecule has 108 valence electrons. The molecule has 1 atom stereocenters. The van der Waals surface area contributed by atoms with Gasteiger partial charge in [-0.2, -0.15) is 0 Å². The maximum Gasteiger partial charge on any atom is 0.338 e. The van der Waals surface area contributed by atoms with Gasteiger partial charge in [0.25, 0.3) is 5.69 Å². The highest BCUT2D eigenvalue weighted by Gasteiger charge is 2.13. The number of benzene rings is 1.